The molecule has 18 heavy (non-hydrogen) atoms. The molecule has 0 spiro atoms. The maximum Gasteiger partial charge on any atom is 0.166 e. The zero-order chi connectivity index (χ0) is 13.7. The number of benzene rings is 1. The van der Waals surface area contributed by atoms with E-state index in [-0.39, 0.29) is 35.9 Å². The van der Waals surface area contributed by atoms with Crippen molar-refractivity contribution >= 4 is 17.3 Å². The molecule has 3 nitrogen and oxygen atoms in total. The number of halogens is 3. The summed E-state index contributed by atoms with van der Waals surface area (Å²) in [5, 5.41) is 13.9. The van der Waals surface area contributed by atoms with E-state index in [1.165, 1.54) is 6.92 Å². The molecule has 0 radical (unpaired) electrons. The average molecular weight is 278 g/mol. The highest BCUT2D eigenvalue weighted by atomic mass is 32.1. The highest BCUT2D eigenvalue weighted by molar-refractivity contribution is 7.80. The number of aliphatic hydroxyl groups is 1. The van der Waals surface area contributed by atoms with Gasteiger partial charge in [0.2, 0.25) is 0 Å². The smallest absolute Gasteiger partial charge is 0.166 e. The summed E-state index contributed by atoms with van der Waals surface area (Å²) in [7, 11) is 0. The van der Waals surface area contributed by atoms with Crippen LogP contribution >= 0.6 is 12.2 Å². The first-order valence-electron chi connectivity index (χ1n) is 5.23. The second-order valence-electron chi connectivity index (χ2n) is 3.59. The largest absolute Gasteiger partial charge is 0.395 e. The SMILES string of the molecule is Cc1c(F)cc(F)c(CNC(=S)NCCO)c1F. The number of nitrogens with one attached hydrogen (secondary N) is 2. The third-order valence-electron chi connectivity index (χ3n) is 2.32. The molecule has 0 saturated heterocycles. The standard InChI is InChI=1S/C11H13F3N2OS/c1-6-8(12)4-9(13)7(10(6)14)5-16-11(18)15-2-3-17/h4,17H,2-3,5H2,1H3,(H2,15,16,18). The number of aliphatic hydroxyl groups excluding tert-OH is 1. The molecule has 0 aliphatic rings. The summed E-state index contributed by atoms with van der Waals surface area (Å²) in [4.78, 5) is 0. The molecule has 1 rings (SSSR count). The van der Waals surface area contributed by atoms with E-state index in [1.54, 1.807) is 0 Å². The Bertz CT molecular complexity index is 454. The van der Waals surface area contributed by atoms with Crippen molar-refractivity contribution in [3.8, 4) is 0 Å². The van der Waals surface area contributed by atoms with Crippen LogP contribution in [0, 0.1) is 24.4 Å². The van der Waals surface area contributed by atoms with Crippen molar-refractivity contribution in [3.63, 3.8) is 0 Å². The first kappa shape index (κ1) is 14.7. The molecular weight excluding hydrogens is 265 g/mol. The highest BCUT2D eigenvalue weighted by Crippen LogP contribution is 2.19. The van der Waals surface area contributed by atoms with Gasteiger partial charge < -0.3 is 15.7 Å². The van der Waals surface area contributed by atoms with Gasteiger partial charge in [-0.25, -0.2) is 13.2 Å². The molecule has 1 aromatic carbocycles. The van der Waals surface area contributed by atoms with E-state index in [9.17, 15) is 13.2 Å². The maximum absolute atomic E-state index is 13.6. The molecule has 0 aromatic heterocycles. The lowest BCUT2D eigenvalue weighted by atomic mass is 10.1. The van der Waals surface area contributed by atoms with Gasteiger partial charge in [-0.1, -0.05) is 0 Å². The summed E-state index contributed by atoms with van der Waals surface area (Å²) in [5.74, 6) is -2.81. The van der Waals surface area contributed by atoms with E-state index >= 15 is 0 Å². The van der Waals surface area contributed by atoms with Gasteiger partial charge in [-0.3, -0.25) is 0 Å². The lowest BCUT2D eigenvalue weighted by Crippen LogP contribution is -2.36. The van der Waals surface area contributed by atoms with Gasteiger partial charge in [0.05, 0.1) is 6.61 Å². The average Bonchev–Trinajstić information content (AvgIpc) is 2.33. The molecule has 0 heterocycles. The second-order valence-corrected chi connectivity index (χ2v) is 4.00. The third-order valence-corrected chi connectivity index (χ3v) is 2.61. The summed E-state index contributed by atoms with van der Waals surface area (Å²) >= 11 is 4.81. The van der Waals surface area contributed by atoms with E-state index in [0.717, 1.165) is 0 Å². The van der Waals surface area contributed by atoms with Crippen LogP contribution in [-0.2, 0) is 6.54 Å². The van der Waals surface area contributed by atoms with Crippen molar-refractivity contribution in [2.75, 3.05) is 13.2 Å². The lowest BCUT2D eigenvalue weighted by molar-refractivity contribution is 0.300. The predicted octanol–water partition coefficient (Wildman–Crippen LogP) is 1.37. The van der Waals surface area contributed by atoms with Crippen LogP contribution in [0.3, 0.4) is 0 Å². The molecule has 1 aromatic rings. The first-order valence-corrected chi connectivity index (χ1v) is 5.63. The van der Waals surface area contributed by atoms with Crippen LogP contribution in [-0.4, -0.2) is 23.4 Å². The van der Waals surface area contributed by atoms with Gasteiger partial charge in [0.15, 0.2) is 5.11 Å². The van der Waals surface area contributed by atoms with Crippen LogP contribution < -0.4 is 10.6 Å². The fourth-order valence-electron chi connectivity index (χ4n) is 1.31. The van der Waals surface area contributed by atoms with Crippen LogP contribution in [0.5, 0.6) is 0 Å². The minimum Gasteiger partial charge on any atom is -0.395 e. The summed E-state index contributed by atoms with van der Waals surface area (Å²) in [6.07, 6.45) is 0. The molecule has 0 saturated carbocycles. The number of hydrogen-bond acceptors (Lipinski definition) is 2. The number of rotatable bonds is 4. The van der Waals surface area contributed by atoms with E-state index in [2.05, 4.69) is 10.6 Å². The molecule has 0 aliphatic carbocycles. The molecular formula is C11H13F3N2OS. The monoisotopic (exact) mass is 278 g/mol. The van der Waals surface area contributed by atoms with E-state index in [0.29, 0.717) is 6.07 Å². The zero-order valence-electron chi connectivity index (χ0n) is 9.69. The third kappa shape index (κ3) is 3.58. The Hall–Kier alpha value is -1.34. The van der Waals surface area contributed by atoms with Crippen LogP contribution in [0.4, 0.5) is 13.2 Å². The Morgan fingerprint density at radius 3 is 2.56 bits per heavy atom. The normalized spacial score (nSPS) is 10.3. The van der Waals surface area contributed by atoms with Crippen molar-refractivity contribution in [3.05, 3.63) is 34.6 Å². The molecule has 0 unspecified atom stereocenters. The number of thiocarbonyl (C=S) groups is 1. The fraction of sp³-hybridized carbons (Fsp3) is 0.364. The summed E-state index contributed by atoms with van der Waals surface area (Å²) < 4.78 is 40.0. The molecule has 0 amide bonds. The minimum absolute atomic E-state index is 0.111. The van der Waals surface area contributed by atoms with Crippen molar-refractivity contribution in [2.45, 2.75) is 13.5 Å². The Morgan fingerprint density at radius 2 is 1.94 bits per heavy atom. The van der Waals surface area contributed by atoms with Gasteiger partial charge in [-0.05, 0) is 19.1 Å². The summed E-state index contributed by atoms with van der Waals surface area (Å²) in [5.41, 5.74) is -0.510. The molecule has 0 bridgehead atoms. The van der Waals surface area contributed by atoms with Crippen molar-refractivity contribution in [2.24, 2.45) is 0 Å². The Kier molecular flexibility index (Phi) is 5.36. The van der Waals surface area contributed by atoms with E-state index in [4.69, 9.17) is 17.3 Å². The summed E-state index contributed by atoms with van der Waals surface area (Å²) in [6, 6.07) is 0.639. The maximum atomic E-state index is 13.6. The number of hydrogen-bond donors (Lipinski definition) is 3. The zero-order valence-corrected chi connectivity index (χ0v) is 10.5. The molecule has 0 atom stereocenters. The minimum atomic E-state index is -0.965. The van der Waals surface area contributed by atoms with Gasteiger partial charge >= 0.3 is 0 Å². The molecule has 0 aliphatic heterocycles. The Labute approximate surface area is 108 Å². The molecule has 3 N–H and O–H groups in total. The van der Waals surface area contributed by atoms with E-state index in [1.807, 2.05) is 0 Å². The Balaban J connectivity index is 2.74. The highest BCUT2D eigenvalue weighted by Gasteiger charge is 2.15. The topological polar surface area (TPSA) is 44.3 Å². The Morgan fingerprint density at radius 1 is 1.28 bits per heavy atom. The molecule has 7 heteroatoms. The molecule has 100 valence electrons. The fourth-order valence-corrected chi connectivity index (χ4v) is 1.48. The van der Waals surface area contributed by atoms with Gasteiger partial charge in [0.1, 0.15) is 17.5 Å². The predicted molar refractivity (Wildman–Crippen MR) is 65.6 cm³/mol. The van der Waals surface area contributed by atoms with Gasteiger partial charge in [-0.2, -0.15) is 0 Å². The quantitative estimate of drug-likeness (QED) is 0.728. The lowest BCUT2D eigenvalue weighted by Gasteiger charge is -2.12. The first-order chi connectivity index (χ1) is 8.47. The van der Waals surface area contributed by atoms with Crippen LogP contribution in [0.15, 0.2) is 6.07 Å². The van der Waals surface area contributed by atoms with Gasteiger partial charge in [0, 0.05) is 30.3 Å². The van der Waals surface area contributed by atoms with Crippen molar-refractivity contribution in [1.82, 2.24) is 10.6 Å². The second kappa shape index (κ2) is 6.55. The van der Waals surface area contributed by atoms with E-state index < -0.39 is 17.5 Å². The summed E-state index contributed by atoms with van der Waals surface area (Å²) in [6.45, 7) is 1.16. The van der Waals surface area contributed by atoms with Crippen molar-refractivity contribution < 1.29 is 18.3 Å². The van der Waals surface area contributed by atoms with Crippen LogP contribution in [0.25, 0.3) is 0 Å². The van der Waals surface area contributed by atoms with Crippen LogP contribution in [0.1, 0.15) is 11.1 Å². The van der Waals surface area contributed by atoms with Gasteiger partial charge in [0.25, 0.3) is 0 Å². The van der Waals surface area contributed by atoms with Gasteiger partial charge in [-0.15, -0.1) is 0 Å². The van der Waals surface area contributed by atoms with Crippen LogP contribution in [0.2, 0.25) is 0 Å². The van der Waals surface area contributed by atoms with Crippen molar-refractivity contribution in [1.29, 1.82) is 0 Å². The molecule has 0 fully saturated rings.